The number of rotatable bonds is 10. The van der Waals surface area contributed by atoms with Crippen molar-refractivity contribution in [1.82, 2.24) is 0 Å². The molecule has 3 heteroatoms. The Morgan fingerprint density at radius 1 is 0.643 bits per heavy atom. The van der Waals surface area contributed by atoms with Gasteiger partial charge in [0.2, 0.25) is 0 Å². The molecule has 2 aromatic rings. The minimum atomic E-state index is -1.57. The monoisotopic (exact) mass is 410 g/mol. The highest BCUT2D eigenvalue weighted by Crippen LogP contribution is 2.30. The third-order valence-corrected chi connectivity index (χ3v) is 18.9. The predicted molar refractivity (Wildman–Crippen MR) is 131 cm³/mol. The molecule has 0 spiro atoms. The fourth-order valence-corrected chi connectivity index (χ4v) is 12.9. The average Bonchev–Trinajstić information content (AvgIpc) is 2.77. The molecular weight excluding hydrogens is 372 g/mol. The molecule has 0 bridgehead atoms. The van der Waals surface area contributed by atoms with Crippen molar-refractivity contribution in [2.24, 2.45) is 0 Å². The van der Waals surface area contributed by atoms with Crippen molar-refractivity contribution in [3.05, 3.63) is 48.0 Å². The van der Waals surface area contributed by atoms with Crippen LogP contribution < -0.4 is 10.4 Å². The Balaban J connectivity index is 2.87. The second-order valence-corrected chi connectivity index (χ2v) is 18.6. The van der Waals surface area contributed by atoms with Gasteiger partial charge in [0.25, 0.3) is 0 Å². The number of carbonyl (C=O) groups excluding carboxylic acids is 1. The van der Waals surface area contributed by atoms with Gasteiger partial charge in [0.15, 0.2) is 0 Å². The summed E-state index contributed by atoms with van der Waals surface area (Å²) in [5.41, 5.74) is 3.56. The molecule has 152 valence electrons. The zero-order valence-electron chi connectivity index (χ0n) is 18.8. The summed E-state index contributed by atoms with van der Waals surface area (Å²) >= 11 is 0. The molecule has 28 heavy (non-hydrogen) atoms. The lowest BCUT2D eigenvalue weighted by molar-refractivity contribution is 0.112. The molecule has 0 saturated carbocycles. The van der Waals surface area contributed by atoms with Crippen LogP contribution in [-0.4, -0.2) is 22.4 Å². The second-order valence-electron chi connectivity index (χ2n) is 8.15. The van der Waals surface area contributed by atoms with Gasteiger partial charge in [0.05, 0.1) is 16.1 Å². The lowest BCUT2D eigenvalue weighted by Gasteiger charge is -2.35. The summed E-state index contributed by atoms with van der Waals surface area (Å²) < 4.78 is 0. The first-order valence-corrected chi connectivity index (χ1v) is 16.4. The minimum Gasteiger partial charge on any atom is -0.298 e. The number of hydrogen-bond acceptors (Lipinski definition) is 1. The molecule has 0 N–H and O–H groups in total. The fraction of sp³-hybridized carbons (Fsp3) is 0.480. The van der Waals surface area contributed by atoms with Gasteiger partial charge in [-0.15, -0.1) is 0 Å². The molecule has 1 nitrogen and oxygen atoms in total. The second kappa shape index (κ2) is 9.84. The minimum absolute atomic E-state index is 0.802. The third kappa shape index (κ3) is 3.97. The zero-order valence-corrected chi connectivity index (χ0v) is 20.8. The summed E-state index contributed by atoms with van der Waals surface area (Å²) in [4.78, 5) is 11.6. The molecule has 0 aliphatic carbocycles. The van der Waals surface area contributed by atoms with Crippen molar-refractivity contribution in [1.29, 1.82) is 0 Å². The zero-order chi connectivity index (χ0) is 20.8. The van der Waals surface area contributed by atoms with Gasteiger partial charge >= 0.3 is 0 Å². The first kappa shape index (κ1) is 22.8. The van der Waals surface area contributed by atoms with Gasteiger partial charge < -0.3 is 0 Å². The molecule has 0 heterocycles. The topological polar surface area (TPSA) is 17.1 Å². The van der Waals surface area contributed by atoms with Gasteiger partial charge in [-0.05, 0) is 17.2 Å². The maximum Gasteiger partial charge on any atom is 0.150 e. The van der Waals surface area contributed by atoms with Crippen LogP contribution in [0.1, 0.15) is 51.9 Å². The molecule has 0 atom stereocenters. The number of hydrogen-bond donors (Lipinski definition) is 0. The third-order valence-electron chi connectivity index (χ3n) is 7.60. The van der Waals surface area contributed by atoms with Crippen LogP contribution in [0.5, 0.6) is 0 Å². The smallest absolute Gasteiger partial charge is 0.150 e. The number of benzene rings is 2. The van der Waals surface area contributed by atoms with Gasteiger partial charge in [0, 0.05) is 5.56 Å². The highest BCUT2D eigenvalue weighted by Gasteiger charge is 2.35. The molecular formula is C25H38OSi2. The van der Waals surface area contributed by atoms with Crippen LogP contribution in [-0.2, 0) is 0 Å². The Bertz CT molecular complexity index is 772. The van der Waals surface area contributed by atoms with E-state index in [-0.39, 0.29) is 0 Å². The van der Waals surface area contributed by atoms with Crippen LogP contribution in [0.25, 0.3) is 11.1 Å². The van der Waals surface area contributed by atoms with Gasteiger partial charge in [-0.3, -0.25) is 4.79 Å². The molecule has 0 unspecified atom stereocenters. The van der Waals surface area contributed by atoms with E-state index in [0.717, 1.165) is 11.8 Å². The first-order valence-electron chi connectivity index (χ1n) is 11.2. The van der Waals surface area contributed by atoms with E-state index in [9.17, 15) is 4.79 Å². The van der Waals surface area contributed by atoms with Crippen LogP contribution >= 0.6 is 0 Å². The van der Waals surface area contributed by atoms with E-state index in [2.05, 4.69) is 77.9 Å². The van der Waals surface area contributed by atoms with Crippen molar-refractivity contribution in [3.8, 4) is 11.1 Å². The number of aldehydes is 1. The lowest BCUT2D eigenvalue weighted by atomic mass is 10.0. The van der Waals surface area contributed by atoms with Gasteiger partial charge in [-0.25, -0.2) is 0 Å². The molecule has 0 aromatic heterocycles. The maximum absolute atomic E-state index is 11.6. The Labute approximate surface area is 174 Å². The van der Waals surface area contributed by atoms with Gasteiger partial charge in [-0.2, -0.15) is 0 Å². The maximum atomic E-state index is 11.6. The van der Waals surface area contributed by atoms with E-state index >= 15 is 0 Å². The Morgan fingerprint density at radius 2 is 1.11 bits per heavy atom. The van der Waals surface area contributed by atoms with Crippen LogP contribution in [0.2, 0.25) is 36.3 Å². The summed E-state index contributed by atoms with van der Waals surface area (Å²) in [6.45, 7) is 14.2. The highest BCUT2D eigenvalue weighted by molar-refractivity contribution is 6.94. The van der Waals surface area contributed by atoms with Crippen LogP contribution in [0, 0.1) is 0 Å². The standard InChI is InChI=1S/C25H38OSi2/c1-7-27(8-2,9-3)24-16-14-13-15-22(24)23-19-21(20-26)17-18-25(23)28(10-4,11-5)12-6/h13-20H,7-12H2,1-6H3. The van der Waals surface area contributed by atoms with E-state index in [1.165, 1.54) is 47.4 Å². The van der Waals surface area contributed by atoms with Crippen molar-refractivity contribution in [3.63, 3.8) is 0 Å². The molecule has 0 saturated heterocycles. The Kier molecular flexibility index (Phi) is 8.02. The fourth-order valence-electron chi connectivity index (χ4n) is 5.14. The summed E-state index contributed by atoms with van der Waals surface area (Å²) in [6.07, 6.45) is 1.01. The Morgan fingerprint density at radius 3 is 1.57 bits per heavy atom. The van der Waals surface area contributed by atoms with Crippen molar-refractivity contribution in [2.75, 3.05) is 0 Å². The lowest BCUT2D eigenvalue weighted by Crippen LogP contribution is -2.49. The van der Waals surface area contributed by atoms with E-state index in [0.29, 0.717) is 0 Å². The molecule has 0 aliphatic heterocycles. The SMILES string of the molecule is CC[Si](CC)(CC)c1ccccc1-c1cc(C=O)ccc1[Si](CC)(CC)CC. The van der Waals surface area contributed by atoms with E-state index < -0.39 is 16.1 Å². The molecule has 0 aliphatic rings. The highest BCUT2D eigenvalue weighted by atomic mass is 28.3. The molecule has 0 radical (unpaired) electrons. The summed E-state index contributed by atoms with van der Waals surface area (Å²) in [5.74, 6) is 0. The van der Waals surface area contributed by atoms with Gasteiger partial charge in [0.1, 0.15) is 6.29 Å². The van der Waals surface area contributed by atoms with Crippen molar-refractivity contribution < 1.29 is 4.79 Å². The molecule has 0 fully saturated rings. The van der Waals surface area contributed by atoms with Gasteiger partial charge in [-0.1, -0.05) is 125 Å². The van der Waals surface area contributed by atoms with Crippen LogP contribution in [0.15, 0.2) is 42.5 Å². The number of carbonyl (C=O) groups is 1. The van der Waals surface area contributed by atoms with Crippen LogP contribution in [0.4, 0.5) is 0 Å². The first-order chi connectivity index (χ1) is 13.5. The normalized spacial score (nSPS) is 12.2. The molecule has 2 rings (SSSR count). The van der Waals surface area contributed by atoms with Crippen molar-refractivity contribution in [2.45, 2.75) is 77.8 Å². The van der Waals surface area contributed by atoms with E-state index in [1.54, 1.807) is 10.4 Å². The molecule has 2 aromatic carbocycles. The predicted octanol–water partition coefficient (Wildman–Crippen LogP) is 6.60. The quantitative estimate of drug-likeness (QED) is 0.318. The van der Waals surface area contributed by atoms with Crippen LogP contribution in [0.3, 0.4) is 0 Å². The Hall–Kier alpha value is -1.46. The summed E-state index contributed by atoms with van der Waals surface area (Å²) in [6, 6.07) is 23.2. The van der Waals surface area contributed by atoms with E-state index in [4.69, 9.17) is 0 Å². The summed E-state index contributed by atoms with van der Waals surface area (Å²) in [5, 5.41) is 3.15. The average molecular weight is 411 g/mol. The largest absolute Gasteiger partial charge is 0.298 e. The summed E-state index contributed by atoms with van der Waals surface area (Å²) in [7, 11) is -3.10. The van der Waals surface area contributed by atoms with Crippen molar-refractivity contribution >= 4 is 32.8 Å². The molecule has 0 amide bonds. The van der Waals surface area contributed by atoms with E-state index in [1.807, 2.05) is 6.07 Å².